The number of nitriles is 1. The second kappa shape index (κ2) is 5.42. The van der Waals surface area contributed by atoms with Crippen molar-refractivity contribution in [3.63, 3.8) is 0 Å². The number of imide groups is 1. The fourth-order valence-electron chi connectivity index (χ4n) is 3.03. The summed E-state index contributed by atoms with van der Waals surface area (Å²) in [7, 11) is 0. The maximum Gasteiger partial charge on any atom is 0.261 e. The molecule has 0 saturated heterocycles. The van der Waals surface area contributed by atoms with Crippen molar-refractivity contribution in [2.24, 2.45) is 0 Å². The van der Waals surface area contributed by atoms with Crippen molar-refractivity contribution in [3.8, 4) is 6.07 Å². The molecule has 1 aliphatic heterocycles. The zero-order chi connectivity index (χ0) is 17.6. The van der Waals surface area contributed by atoms with Crippen molar-refractivity contribution in [1.82, 2.24) is 9.88 Å². The Kier molecular flexibility index (Phi) is 3.22. The van der Waals surface area contributed by atoms with E-state index in [1.165, 1.54) is 6.20 Å². The minimum absolute atomic E-state index is 0.311. The molecule has 120 valence electrons. The van der Waals surface area contributed by atoms with Gasteiger partial charge in [0.05, 0.1) is 29.3 Å². The Morgan fingerprint density at radius 3 is 2.40 bits per heavy atom. The highest BCUT2D eigenvalue weighted by atomic mass is 16.2. The van der Waals surface area contributed by atoms with Gasteiger partial charge < -0.3 is 4.98 Å². The average Bonchev–Trinajstić information content (AvgIpc) is 3.16. The number of H-pyrrole nitrogens is 1. The van der Waals surface area contributed by atoms with E-state index in [9.17, 15) is 14.4 Å². The van der Waals surface area contributed by atoms with E-state index in [1.807, 2.05) is 6.07 Å². The zero-order valence-electron chi connectivity index (χ0n) is 12.9. The number of aromatic amines is 1. The third kappa shape index (κ3) is 2.22. The molecule has 0 unspecified atom stereocenters. The number of nitrogens with zero attached hydrogens (tertiary/aromatic N) is 2. The molecule has 3 aromatic rings. The average molecular weight is 329 g/mol. The van der Waals surface area contributed by atoms with Crippen molar-refractivity contribution in [2.45, 2.75) is 0 Å². The summed E-state index contributed by atoms with van der Waals surface area (Å²) in [6.07, 6.45) is 1.53. The fraction of sp³-hybridized carbons (Fsp3) is 0.0526. The summed E-state index contributed by atoms with van der Waals surface area (Å²) in [4.78, 5) is 41.3. The standard InChI is InChI=1S/C19H11N3O3/c20-8-11-5-6-16-14(7-11)15(9-21-16)17(23)10-22-18(24)12-3-1-2-4-13(12)19(22)25/h1-7,9,21H,10H2. The summed E-state index contributed by atoms with van der Waals surface area (Å²) in [6, 6.07) is 13.5. The first kappa shape index (κ1) is 14.8. The topological polar surface area (TPSA) is 94.0 Å². The first-order valence-electron chi connectivity index (χ1n) is 7.60. The van der Waals surface area contributed by atoms with E-state index in [0.717, 1.165) is 4.90 Å². The van der Waals surface area contributed by atoms with Crippen molar-refractivity contribution < 1.29 is 14.4 Å². The fourth-order valence-corrected chi connectivity index (χ4v) is 3.03. The number of fused-ring (bicyclic) bond motifs is 2. The number of aromatic nitrogens is 1. The quantitative estimate of drug-likeness (QED) is 0.590. The summed E-state index contributed by atoms with van der Waals surface area (Å²) in [6.45, 7) is -0.337. The van der Waals surface area contributed by atoms with Crippen LogP contribution in [0.3, 0.4) is 0 Å². The number of ketones is 1. The molecule has 1 N–H and O–H groups in total. The third-order valence-corrected chi connectivity index (χ3v) is 4.29. The van der Waals surface area contributed by atoms with Gasteiger partial charge in [0.1, 0.15) is 0 Å². The largest absolute Gasteiger partial charge is 0.360 e. The van der Waals surface area contributed by atoms with Gasteiger partial charge in [-0.2, -0.15) is 5.26 Å². The van der Waals surface area contributed by atoms with E-state index in [-0.39, 0.29) is 12.3 Å². The molecule has 6 heteroatoms. The van der Waals surface area contributed by atoms with Crippen LogP contribution < -0.4 is 0 Å². The number of Topliss-reactive ketones (excluding diaryl/α,β-unsaturated/α-hetero) is 1. The lowest BCUT2D eigenvalue weighted by atomic mass is 10.1. The van der Waals surface area contributed by atoms with E-state index < -0.39 is 11.8 Å². The molecule has 0 bridgehead atoms. The minimum atomic E-state index is -0.466. The lowest BCUT2D eigenvalue weighted by molar-refractivity contribution is 0.0624. The van der Waals surface area contributed by atoms with Gasteiger partial charge in [-0.1, -0.05) is 12.1 Å². The van der Waals surface area contributed by atoms with Crippen LogP contribution in [0, 0.1) is 11.3 Å². The Balaban J connectivity index is 1.67. The predicted molar refractivity (Wildman–Crippen MR) is 89.2 cm³/mol. The minimum Gasteiger partial charge on any atom is -0.360 e. The van der Waals surface area contributed by atoms with Gasteiger partial charge in [0.15, 0.2) is 5.78 Å². The number of nitrogens with one attached hydrogen (secondary N) is 1. The summed E-state index contributed by atoms with van der Waals surface area (Å²) in [5.74, 6) is -1.30. The van der Waals surface area contributed by atoms with Crippen LogP contribution in [0.2, 0.25) is 0 Å². The number of rotatable bonds is 3. The van der Waals surface area contributed by atoms with E-state index in [2.05, 4.69) is 4.98 Å². The molecule has 0 atom stereocenters. The van der Waals surface area contributed by atoms with Gasteiger partial charge in [-0.05, 0) is 30.3 Å². The molecule has 1 aliphatic rings. The van der Waals surface area contributed by atoms with Gasteiger partial charge in [-0.15, -0.1) is 0 Å². The highest BCUT2D eigenvalue weighted by Crippen LogP contribution is 2.24. The summed E-state index contributed by atoms with van der Waals surface area (Å²) < 4.78 is 0. The van der Waals surface area contributed by atoms with E-state index in [1.54, 1.807) is 42.5 Å². The maximum atomic E-state index is 12.7. The Morgan fingerprint density at radius 2 is 1.76 bits per heavy atom. The van der Waals surface area contributed by atoms with Gasteiger partial charge in [0.25, 0.3) is 11.8 Å². The van der Waals surface area contributed by atoms with Gasteiger partial charge in [-0.3, -0.25) is 19.3 Å². The molecule has 6 nitrogen and oxygen atoms in total. The maximum absolute atomic E-state index is 12.7. The summed E-state index contributed by atoms with van der Waals surface area (Å²) in [5.41, 5.74) is 2.12. The molecular formula is C19H11N3O3. The smallest absolute Gasteiger partial charge is 0.261 e. The molecule has 0 aliphatic carbocycles. The highest BCUT2D eigenvalue weighted by molar-refractivity contribution is 6.23. The molecule has 2 heterocycles. The lowest BCUT2D eigenvalue weighted by Crippen LogP contribution is -2.34. The van der Waals surface area contributed by atoms with Crippen LogP contribution in [0.4, 0.5) is 0 Å². The third-order valence-electron chi connectivity index (χ3n) is 4.29. The Hall–Kier alpha value is -3.72. The second-order valence-electron chi connectivity index (χ2n) is 5.74. The van der Waals surface area contributed by atoms with Gasteiger partial charge in [0.2, 0.25) is 0 Å². The molecule has 1 aromatic heterocycles. The molecule has 0 saturated carbocycles. The van der Waals surface area contributed by atoms with Crippen molar-refractivity contribution in [2.75, 3.05) is 6.54 Å². The van der Waals surface area contributed by atoms with Crippen LogP contribution in [0.25, 0.3) is 10.9 Å². The summed E-state index contributed by atoms with van der Waals surface area (Å²) >= 11 is 0. The zero-order valence-corrected chi connectivity index (χ0v) is 12.9. The molecule has 0 fully saturated rings. The van der Waals surface area contributed by atoms with E-state index in [0.29, 0.717) is 33.2 Å². The van der Waals surface area contributed by atoms with E-state index >= 15 is 0 Å². The first-order chi connectivity index (χ1) is 12.1. The summed E-state index contributed by atoms with van der Waals surface area (Å²) in [5, 5.41) is 9.62. The van der Waals surface area contributed by atoms with Crippen LogP contribution in [-0.2, 0) is 0 Å². The van der Waals surface area contributed by atoms with Crippen LogP contribution in [0.1, 0.15) is 36.6 Å². The van der Waals surface area contributed by atoms with E-state index in [4.69, 9.17) is 5.26 Å². The van der Waals surface area contributed by atoms with Gasteiger partial charge in [-0.25, -0.2) is 0 Å². The molecule has 2 aromatic carbocycles. The van der Waals surface area contributed by atoms with Crippen molar-refractivity contribution >= 4 is 28.5 Å². The molecule has 0 spiro atoms. The van der Waals surface area contributed by atoms with Crippen LogP contribution in [0.5, 0.6) is 0 Å². The number of benzene rings is 2. The Bertz CT molecular complexity index is 1070. The monoisotopic (exact) mass is 329 g/mol. The molecular weight excluding hydrogens is 318 g/mol. The number of carbonyl (C=O) groups is 3. The first-order valence-corrected chi connectivity index (χ1v) is 7.60. The van der Waals surface area contributed by atoms with Crippen molar-refractivity contribution in [1.29, 1.82) is 5.26 Å². The van der Waals surface area contributed by atoms with Crippen molar-refractivity contribution in [3.05, 3.63) is 70.9 Å². The normalized spacial score (nSPS) is 13.2. The number of carbonyl (C=O) groups excluding carboxylic acids is 3. The molecule has 2 amide bonds. The number of hydrogen-bond donors (Lipinski definition) is 1. The molecule has 25 heavy (non-hydrogen) atoms. The SMILES string of the molecule is N#Cc1ccc2[nH]cc(C(=O)CN3C(=O)c4ccccc4C3=O)c2c1. The predicted octanol–water partition coefficient (Wildman–Crippen LogP) is 2.52. The Morgan fingerprint density at radius 1 is 1.08 bits per heavy atom. The van der Waals surface area contributed by atoms with Crippen LogP contribution in [-0.4, -0.2) is 34.0 Å². The van der Waals surface area contributed by atoms with Gasteiger partial charge in [0, 0.05) is 22.7 Å². The van der Waals surface area contributed by atoms with Gasteiger partial charge >= 0.3 is 0 Å². The lowest BCUT2D eigenvalue weighted by Gasteiger charge is -2.12. The van der Waals surface area contributed by atoms with Crippen LogP contribution in [0.15, 0.2) is 48.7 Å². The number of hydrogen-bond acceptors (Lipinski definition) is 4. The second-order valence-corrected chi connectivity index (χ2v) is 5.74. The Labute approximate surface area is 142 Å². The highest BCUT2D eigenvalue weighted by Gasteiger charge is 2.36. The van der Waals surface area contributed by atoms with Crippen LogP contribution >= 0.6 is 0 Å². The molecule has 4 rings (SSSR count). The number of amides is 2. The molecule has 0 radical (unpaired) electrons.